The summed E-state index contributed by atoms with van der Waals surface area (Å²) in [5.74, 6) is 1.40. The number of ether oxygens (including phenoxy) is 1. The van der Waals surface area contributed by atoms with Gasteiger partial charge in [-0.3, -0.25) is 4.79 Å². The van der Waals surface area contributed by atoms with Crippen LogP contribution in [0.3, 0.4) is 0 Å². The van der Waals surface area contributed by atoms with Crippen LogP contribution in [0.4, 0.5) is 0 Å². The van der Waals surface area contributed by atoms with Crippen LogP contribution in [0.2, 0.25) is 0 Å². The normalized spacial score (nSPS) is 10.8. The number of aryl methyl sites for hydroxylation is 1. The molecule has 0 saturated heterocycles. The highest BCUT2D eigenvalue weighted by Gasteiger charge is 2.18. The highest BCUT2D eigenvalue weighted by molar-refractivity contribution is 5.77. The third-order valence-corrected chi connectivity index (χ3v) is 4.58. The number of rotatable bonds is 9. The Labute approximate surface area is 166 Å². The summed E-state index contributed by atoms with van der Waals surface area (Å²) in [6.45, 7) is 1.33. The Bertz CT molecular complexity index is 818. The van der Waals surface area contributed by atoms with Crippen molar-refractivity contribution in [2.45, 2.75) is 19.3 Å². The Morgan fingerprint density at radius 1 is 1.04 bits per heavy atom. The summed E-state index contributed by atoms with van der Waals surface area (Å²) in [7, 11) is 3.48. The fourth-order valence-corrected chi connectivity index (χ4v) is 3.02. The molecule has 0 aliphatic heterocycles. The van der Waals surface area contributed by atoms with Crippen LogP contribution in [0, 0.1) is 0 Å². The first kappa shape index (κ1) is 19.8. The molecular weight excluding hydrogens is 352 g/mol. The molecule has 0 N–H and O–H groups in total. The zero-order chi connectivity index (χ0) is 19.8. The number of carbonyl (C=O) groups excluding carboxylic acids is 1. The maximum absolute atomic E-state index is 12.4. The number of aromatic nitrogens is 1. The van der Waals surface area contributed by atoms with Crippen molar-refractivity contribution in [2.24, 2.45) is 0 Å². The summed E-state index contributed by atoms with van der Waals surface area (Å²) in [6, 6.07) is 19.9. The molecule has 0 saturated carbocycles. The zero-order valence-corrected chi connectivity index (χ0v) is 16.4. The van der Waals surface area contributed by atoms with E-state index in [0.717, 1.165) is 29.0 Å². The first-order valence-corrected chi connectivity index (χ1v) is 9.52. The highest BCUT2D eigenvalue weighted by atomic mass is 16.5. The van der Waals surface area contributed by atoms with Gasteiger partial charge in [-0.25, -0.2) is 4.98 Å². The van der Waals surface area contributed by atoms with Crippen LogP contribution in [0.5, 0.6) is 0 Å². The van der Waals surface area contributed by atoms with Gasteiger partial charge in [0.1, 0.15) is 5.69 Å². The van der Waals surface area contributed by atoms with Gasteiger partial charge in [-0.2, -0.15) is 0 Å². The van der Waals surface area contributed by atoms with Crippen molar-refractivity contribution >= 4 is 5.91 Å². The zero-order valence-electron chi connectivity index (χ0n) is 16.4. The molecule has 0 bridgehead atoms. The van der Waals surface area contributed by atoms with E-state index in [9.17, 15) is 4.79 Å². The molecule has 146 valence electrons. The molecule has 0 unspecified atom stereocenters. The van der Waals surface area contributed by atoms with Gasteiger partial charge in [0, 0.05) is 51.3 Å². The quantitative estimate of drug-likeness (QED) is 0.517. The standard InChI is InChI=1S/C23H26N2O3/c1-25(16-9-17-27-2)21(26)15-14-20-24-22(18-10-5-3-6-11-18)23(28-20)19-12-7-4-8-13-19/h3-8,10-13H,9,14-17H2,1-2H3. The van der Waals surface area contributed by atoms with Crippen molar-refractivity contribution in [3.63, 3.8) is 0 Å². The largest absolute Gasteiger partial charge is 0.440 e. The van der Waals surface area contributed by atoms with Gasteiger partial charge in [0.25, 0.3) is 0 Å². The Hall–Kier alpha value is -2.92. The summed E-state index contributed by atoms with van der Waals surface area (Å²) in [6.07, 6.45) is 1.67. The summed E-state index contributed by atoms with van der Waals surface area (Å²) >= 11 is 0. The summed E-state index contributed by atoms with van der Waals surface area (Å²) in [4.78, 5) is 18.8. The molecule has 0 aliphatic rings. The Morgan fingerprint density at radius 3 is 2.32 bits per heavy atom. The van der Waals surface area contributed by atoms with E-state index in [1.165, 1.54) is 0 Å². The van der Waals surface area contributed by atoms with Crippen LogP contribution in [0.15, 0.2) is 65.1 Å². The van der Waals surface area contributed by atoms with Gasteiger partial charge in [0.15, 0.2) is 11.7 Å². The van der Waals surface area contributed by atoms with Gasteiger partial charge >= 0.3 is 0 Å². The Kier molecular flexibility index (Phi) is 6.98. The van der Waals surface area contributed by atoms with Crippen LogP contribution in [0.25, 0.3) is 22.6 Å². The van der Waals surface area contributed by atoms with E-state index < -0.39 is 0 Å². The smallest absolute Gasteiger partial charge is 0.222 e. The average molecular weight is 378 g/mol. The number of carbonyl (C=O) groups is 1. The molecule has 0 radical (unpaired) electrons. The van der Waals surface area contributed by atoms with Crippen molar-refractivity contribution in [3.05, 3.63) is 66.6 Å². The molecule has 2 aromatic carbocycles. The average Bonchev–Trinajstić information content (AvgIpc) is 3.18. The number of amides is 1. The van der Waals surface area contributed by atoms with E-state index in [2.05, 4.69) is 0 Å². The molecule has 5 nitrogen and oxygen atoms in total. The summed E-state index contributed by atoms with van der Waals surface area (Å²) < 4.78 is 11.1. The van der Waals surface area contributed by atoms with E-state index in [1.807, 2.05) is 67.7 Å². The van der Waals surface area contributed by atoms with Crippen LogP contribution in [0.1, 0.15) is 18.7 Å². The Balaban J connectivity index is 1.76. The van der Waals surface area contributed by atoms with E-state index in [-0.39, 0.29) is 5.91 Å². The second-order valence-electron chi connectivity index (χ2n) is 6.68. The number of oxazole rings is 1. The molecule has 3 aromatic rings. The predicted octanol–water partition coefficient (Wildman–Crippen LogP) is 4.44. The number of methoxy groups -OCH3 is 1. The van der Waals surface area contributed by atoms with Gasteiger partial charge in [-0.1, -0.05) is 60.7 Å². The van der Waals surface area contributed by atoms with Crippen LogP contribution in [-0.4, -0.2) is 43.1 Å². The number of hydrogen-bond donors (Lipinski definition) is 0. The van der Waals surface area contributed by atoms with Gasteiger partial charge in [0.2, 0.25) is 5.91 Å². The van der Waals surface area contributed by atoms with E-state index >= 15 is 0 Å². The highest BCUT2D eigenvalue weighted by Crippen LogP contribution is 2.32. The second-order valence-corrected chi connectivity index (χ2v) is 6.68. The number of hydrogen-bond acceptors (Lipinski definition) is 4. The molecule has 0 aliphatic carbocycles. The Morgan fingerprint density at radius 2 is 1.68 bits per heavy atom. The number of benzene rings is 2. The van der Waals surface area contributed by atoms with Gasteiger partial charge in [-0.15, -0.1) is 0 Å². The van der Waals surface area contributed by atoms with Crippen molar-refractivity contribution in [1.82, 2.24) is 9.88 Å². The van der Waals surface area contributed by atoms with Crippen LogP contribution >= 0.6 is 0 Å². The van der Waals surface area contributed by atoms with Crippen LogP contribution < -0.4 is 0 Å². The molecule has 5 heteroatoms. The van der Waals surface area contributed by atoms with Crippen molar-refractivity contribution in [2.75, 3.05) is 27.3 Å². The lowest BCUT2D eigenvalue weighted by atomic mass is 10.1. The predicted molar refractivity (Wildman–Crippen MR) is 110 cm³/mol. The SMILES string of the molecule is COCCCN(C)C(=O)CCc1nc(-c2ccccc2)c(-c2ccccc2)o1. The lowest BCUT2D eigenvalue weighted by Gasteiger charge is -2.16. The van der Waals surface area contributed by atoms with E-state index in [4.69, 9.17) is 14.1 Å². The molecule has 1 aromatic heterocycles. The van der Waals surface area contributed by atoms with Crippen LogP contribution in [-0.2, 0) is 16.0 Å². The summed E-state index contributed by atoms with van der Waals surface area (Å²) in [5.41, 5.74) is 2.78. The van der Waals surface area contributed by atoms with Gasteiger partial charge in [-0.05, 0) is 6.42 Å². The molecule has 1 amide bonds. The van der Waals surface area contributed by atoms with Crippen molar-refractivity contribution in [1.29, 1.82) is 0 Å². The first-order valence-electron chi connectivity index (χ1n) is 9.52. The first-order chi connectivity index (χ1) is 13.7. The summed E-state index contributed by atoms with van der Waals surface area (Å²) in [5, 5.41) is 0. The van der Waals surface area contributed by atoms with Gasteiger partial charge in [0.05, 0.1) is 0 Å². The fourth-order valence-electron chi connectivity index (χ4n) is 3.02. The molecule has 3 rings (SSSR count). The van der Waals surface area contributed by atoms with Gasteiger partial charge < -0.3 is 14.1 Å². The minimum Gasteiger partial charge on any atom is -0.440 e. The monoisotopic (exact) mass is 378 g/mol. The maximum atomic E-state index is 12.4. The lowest BCUT2D eigenvalue weighted by molar-refractivity contribution is -0.130. The van der Waals surface area contributed by atoms with E-state index in [0.29, 0.717) is 31.9 Å². The molecular formula is C23H26N2O3. The molecule has 0 atom stereocenters. The minimum absolute atomic E-state index is 0.0804. The van der Waals surface area contributed by atoms with Crippen molar-refractivity contribution in [3.8, 4) is 22.6 Å². The van der Waals surface area contributed by atoms with E-state index in [1.54, 1.807) is 12.0 Å². The fraction of sp³-hybridized carbons (Fsp3) is 0.304. The third-order valence-electron chi connectivity index (χ3n) is 4.58. The third kappa shape index (κ3) is 5.08. The molecule has 0 spiro atoms. The van der Waals surface area contributed by atoms with Crippen molar-refractivity contribution < 1.29 is 13.9 Å². The maximum Gasteiger partial charge on any atom is 0.222 e. The number of nitrogens with zero attached hydrogens (tertiary/aromatic N) is 2. The second kappa shape index (κ2) is 9.85. The lowest BCUT2D eigenvalue weighted by Crippen LogP contribution is -2.28. The molecule has 1 heterocycles. The molecule has 28 heavy (non-hydrogen) atoms. The minimum atomic E-state index is 0.0804. The topological polar surface area (TPSA) is 55.6 Å². The molecule has 0 fully saturated rings.